The Morgan fingerprint density at radius 3 is 2.76 bits per heavy atom. The molecule has 1 N–H and O–H groups in total. The number of benzene rings is 1. The lowest BCUT2D eigenvalue weighted by Crippen LogP contribution is -2.38. The number of sulfone groups is 1. The lowest BCUT2D eigenvalue weighted by atomic mass is 10.1. The average molecular weight is 368 g/mol. The van der Waals surface area contributed by atoms with Crippen molar-refractivity contribution in [3.05, 3.63) is 17.7 Å². The Morgan fingerprint density at radius 1 is 1.32 bits per heavy atom. The lowest BCUT2D eigenvalue weighted by molar-refractivity contribution is 0.0932. The molecule has 2 aliphatic rings. The third kappa shape index (κ3) is 3.74. The van der Waals surface area contributed by atoms with E-state index in [-0.39, 0.29) is 22.1 Å². The van der Waals surface area contributed by atoms with E-state index in [0.29, 0.717) is 37.3 Å². The fourth-order valence-electron chi connectivity index (χ4n) is 3.19. The Labute approximate surface area is 148 Å². The molecule has 2 heterocycles. The van der Waals surface area contributed by atoms with Crippen molar-refractivity contribution < 1.29 is 22.7 Å². The molecule has 1 fully saturated rings. The Bertz CT molecular complexity index is 763. The number of nitrogens with zero attached hydrogens (tertiary/aromatic N) is 1. The molecular formula is C17H24N2O5S. The standard InChI is InChI=1S/C17H24N2O5S/c1-3-25(21,22)13-9-14(16-15(10-13)23-7-8-24-16)17(20)18-11-12-5-4-6-19(12)2/h9-10,12H,3-8,11H2,1-2H3,(H,18,20). The van der Waals surface area contributed by atoms with Gasteiger partial charge in [0.2, 0.25) is 0 Å². The zero-order valence-corrected chi connectivity index (χ0v) is 15.4. The monoisotopic (exact) mass is 368 g/mol. The van der Waals surface area contributed by atoms with E-state index in [4.69, 9.17) is 9.47 Å². The zero-order valence-electron chi connectivity index (χ0n) is 14.6. The predicted molar refractivity (Wildman–Crippen MR) is 93.1 cm³/mol. The molecule has 0 saturated carbocycles. The minimum Gasteiger partial charge on any atom is -0.486 e. The first kappa shape index (κ1) is 18.0. The number of fused-ring (bicyclic) bond motifs is 1. The van der Waals surface area contributed by atoms with Crippen molar-refractivity contribution in [3.63, 3.8) is 0 Å². The largest absolute Gasteiger partial charge is 0.486 e. The summed E-state index contributed by atoms with van der Waals surface area (Å²) in [5.74, 6) is 0.248. The Morgan fingerprint density at radius 2 is 2.08 bits per heavy atom. The van der Waals surface area contributed by atoms with Crippen LogP contribution in [-0.4, -0.2) is 64.4 Å². The number of hydrogen-bond donors (Lipinski definition) is 1. The summed E-state index contributed by atoms with van der Waals surface area (Å²) in [6, 6.07) is 3.13. The van der Waals surface area contributed by atoms with Crippen molar-refractivity contribution in [1.82, 2.24) is 10.2 Å². The number of amides is 1. The fraction of sp³-hybridized carbons (Fsp3) is 0.588. The van der Waals surface area contributed by atoms with E-state index in [0.717, 1.165) is 19.4 Å². The highest BCUT2D eigenvalue weighted by atomic mass is 32.2. The van der Waals surface area contributed by atoms with Crippen LogP contribution in [0.3, 0.4) is 0 Å². The predicted octanol–water partition coefficient (Wildman–Crippen LogP) is 1.08. The SMILES string of the molecule is CCS(=O)(=O)c1cc2c(c(C(=O)NCC3CCCN3C)c1)OCCO2. The minimum absolute atomic E-state index is 0.0411. The van der Waals surface area contributed by atoms with Gasteiger partial charge >= 0.3 is 0 Å². The number of ether oxygens (including phenoxy) is 2. The van der Waals surface area contributed by atoms with Gasteiger partial charge in [0.25, 0.3) is 5.91 Å². The number of nitrogens with one attached hydrogen (secondary N) is 1. The summed E-state index contributed by atoms with van der Waals surface area (Å²) in [6.45, 7) is 3.78. The van der Waals surface area contributed by atoms with Crippen molar-refractivity contribution in [2.24, 2.45) is 0 Å². The summed E-state index contributed by atoms with van der Waals surface area (Å²) in [7, 11) is -1.41. The van der Waals surface area contributed by atoms with Crippen LogP contribution in [0, 0.1) is 0 Å². The first-order valence-corrected chi connectivity index (χ1v) is 10.2. The van der Waals surface area contributed by atoms with Gasteiger partial charge in [-0.25, -0.2) is 8.42 Å². The van der Waals surface area contributed by atoms with Crippen molar-refractivity contribution >= 4 is 15.7 Å². The zero-order chi connectivity index (χ0) is 18.0. The first-order valence-electron chi connectivity index (χ1n) is 8.57. The highest BCUT2D eigenvalue weighted by molar-refractivity contribution is 7.91. The molecule has 1 aromatic rings. The molecule has 1 unspecified atom stereocenters. The molecule has 8 heteroatoms. The molecule has 1 aromatic carbocycles. The number of carbonyl (C=O) groups excluding carboxylic acids is 1. The van der Waals surface area contributed by atoms with Crippen LogP contribution < -0.4 is 14.8 Å². The molecule has 1 amide bonds. The number of hydrogen-bond acceptors (Lipinski definition) is 6. The Balaban J connectivity index is 1.88. The highest BCUT2D eigenvalue weighted by Crippen LogP contribution is 2.37. The number of likely N-dealkylation sites (N-methyl/N-ethyl adjacent to an activating group) is 1. The molecule has 3 rings (SSSR count). The fourth-order valence-corrected chi connectivity index (χ4v) is 4.10. The van der Waals surface area contributed by atoms with Gasteiger partial charge in [-0.3, -0.25) is 4.79 Å². The smallest absolute Gasteiger partial charge is 0.255 e. The van der Waals surface area contributed by atoms with Gasteiger partial charge in [0.15, 0.2) is 21.3 Å². The van der Waals surface area contributed by atoms with Crippen LogP contribution in [0.25, 0.3) is 0 Å². The Kier molecular flexibility index (Phi) is 5.19. The van der Waals surface area contributed by atoms with Crippen LogP contribution in [0.5, 0.6) is 11.5 Å². The van der Waals surface area contributed by atoms with E-state index in [1.165, 1.54) is 12.1 Å². The summed E-state index contributed by atoms with van der Waals surface area (Å²) >= 11 is 0. The van der Waals surface area contributed by atoms with E-state index in [9.17, 15) is 13.2 Å². The van der Waals surface area contributed by atoms with Crippen LogP contribution in [0.4, 0.5) is 0 Å². The Hall–Kier alpha value is -1.80. The van der Waals surface area contributed by atoms with E-state index < -0.39 is 9.84 Å². The molecule has 1 saturated heterocycles. The summed E-state index contributed by atoms with van der Waals surface area (Å²) in [6.07, 6.45) is 2.16. The second-order valence-electron chi connectivity index (χ2n) is 6.39. The number of carbonyl (C=O) groups is 1. The van der Waals surface area contributed by atoms with Crippen LogP contribution in [0.1, 0.15) is 30.1 Å². The normalized spacial score (nSPS) is 20.5. The molecule has 0 aromatic heterocycles. The van der Waals surface area contributed by atoms with Crippen LogP contribution in [0.2, 0.25) is 0 Å². The molecule has 0 spiro atoms. The average Bonchev–Trinajstić information content (AvgIpc) is 3.03. The van der Waals surface area contributed by atoms with Gasteiger partial charge < -0.3 is 19.7 Å². The maximum atomic E-state index is 12.7. The van der Waals surface area contributed by atoms with E-state index in [1.807, 2.05) is 7.05 Å². The quantitative estimate of drug-likeness (QED) is 0.837. The number of rotatable bonds is 5. The molecule has 0 radical (unpaired) electrons. The van der Waals surface area contributed by atoms with E-state index in [2.05, 4.69) is 10.2 Å². The van der Waals surface area contributed by atoms with Gasteiger partial charge in [-0.2, -0.15) is 0 Å². The van der Waals surface area contributed by atoms with Gasteiger partial charge in [-0.1, -0.05) is 6.92 Å². The van der Waals surface area contributed by atoms with Gasteiger partial charge in [0.05, 0.1) is 16.2 Å². The van der Waals surface area contributed by atoms with Crippen molar-refractivity contribution in [2.45, 2.75) is 30.7 Å². The van der Waals surface area contributed by atoms with Crippen molar-refractivity contribution in [3.8, 4) is 11.5 Å². The summed E-state index contributed by atoms with van der Waals surface area (Å²) < 4.78 is 35.6. The maximum Gasteiger partial charge on any atom is 0.255 e. The van der Waals surface area contributed by atoms with Crippen LogP contribution in [-0.2, 0) is 9.84 Å². The molecule has 0 bridgehead atoms. The number of likely N-dealkylation sites (tertiary alicyclic amines) is 1. The minimum atomic E-state index is -3.45. The maximum absolute atomic E-state index is 12.7. The van der Waals surface area contributed by atoms with Gasteiger partial charge in [-0.05, 0) is 32.5 Å². The lowest BCUT2D eigenvalue weighted by Gasteiger charge is -2.23. The summed E-state index contributed by atoms with van der Waals surface area (Å²) in [5, 5.41) is 2.91. The van der Waals surface area contributed by atoms with Crippen LogP contribution >= 0.6 is 0 Å². The van der Waals surface area contributed by atoms with E-state index >= 15 is 0 Å². The molecule has 1 atom stereocenters. The molecule has 0 aliphatic carbocycles. The van der Waals surface area contributed by atoms with Crippen molar-refractivity contribution in [2.75, 3.05) is 39.1 Å². The molecule has 2 aliphatic heterocycles. The highest BCUT2D eigenvalue weighted by Gasteiger charge is 2.27. The summed E-state index contributed by atoms with van der Waals surface area (Å²) in [4.78, 5) is 15.0. The molecule has 25 heavy (non-hydrogen) atoms. The topological polar surface area (TPSA) is 84.9 Å². The first-order chi connectivity index (χ1) is 11.9. The molecular weight excluding hydrogens is 344 g/mol. The van der Waals surface area contributed by atoms with Gasteiger partial charge in [0, 0.05) is 18.7 Å². The second-order valence-corrected chi connectivity index (χ2v) is 8.66. The second kappa shape index (κ2) is 7.21. The molecule has 7 nitrogen and oxygen atoms in total. The third-order valence-electron chi connectivity index (χ3n) is 4.77. The van der Waals surface area contributed by atoms with Crippen molar-refractivity contribution in [1.29, 1.82) is 0 Å². The van der Waals surface area contributed by atoms with E-state index in [1.54, 1.807) is 6.92 Å². The van der Waals surface area contributed by atoms with Gasteiger partial charge in [0.1, 0.15) is 13.2 Å². The summed E-state index contributed by atoms with van der Waals surface area (Å²) in [5.41, 5.74) is 0.213. The van der Waals surface area contributed by atoms with Crippen LogP contribution in [0.15, 0.2) is 17.0 Å². The third-order valence-corrected chi connectivity index (χ3v) is 6.48. The molecule has 138 valence electrons. The van der Waals surface area contributed by atoms with Gasteiger partial charge in [-0.15, -0.1) is 0 Å².